The summed E-state index contributed by atoms with van der Waals surface area (Å²) in [5, 5.41) is 6.97. The fraction of sp³-hybridized carbons (Fsp3) is 0.0870. The molecule has 1 amide bonds. The number of para-hydroxylation sites is 2. The molecule has 0 unspecified atom stereocenters. The van der Waals surface area contributed by atoms with Crippen molar-refractivity contribution < 1.29 is 14.3 Å². The third-order valence-corrected chi connectivity index (χ3v) is 4.44. The van der Waals surface area contributed by atoms with Gasteiger partial charge in [0.25, 0.3) is 5.91 Å². The Hall–Kier alpha value is -4.13. The zero-order valence-electron chi connectivity index (χ0n) is 16.4. The van der Waals surface area contributed by atoms with E-state index in [2.05, 4.69) is 15.4 Å². The maximum absolute atomic E-state index is 12.5. The molecule has 1 N–H and O–H groups in total. The highest BCUT2D eigenvalue weighted by molar-refractivity contribution is 6.04. The summed E-state index contributed by atoms with van der Waals surface area (Å²) in [6.07, 6.45) is 3.15. The van der Waals surface area contributed by atoms with Crippen LogP contribution >= 0.6 is 0 Å². The van der Waals surface area contributed by atoms with Crippen LogP contribution in [0.5, 0.6) is 17.2 Å². The Kier molecular flexibility index (Phi) is 5.70. The van der Waals surface area contributed by atoms with Gasteiger partial charge in [-0.3, -0.25) is 4.79 Å². The number of hydrogen-bond acceptors (Lipinski definition) is 5. The minimum Gasteiger partial charge on any atom is -0.493 e. The van der Waals surface area contributed by atoms with Gasteiger partial charge < -0.3 is 14.8 Å². The topological polar surface area (TPSA) is 78.3 Å². The molecular weight excluding hydrogens is 380 g/mol. The van der Waals surface area contributed by atoms with Crippen molar-refractivity contribution in [2.24, 2.45) is 0 Å². The van der Waals surface area contributed by atoms with Gasteiger partial charge >= 0.3 is 0 Å². The van der Waals surface area contributed by atoms with Crippen LogP contribution in [0.4, 0.5) is 5.69 Å². The molecule has 4 aromatic rings. The van der Waals surface area contributed by atoms with E-state index in [-0.39, 0.29) is 5.91 Å². The molecule has 0 saturated heterocycles. The lowest BCUT2D eigenvalue weighted by atomic mass is 10.1. The highest BCUT2D eigenvalue weighted by Crippen LogP contribution is 2.31. The SMILES string of the molecule is COc1ccccc1Oc1ccc(NC(=O)c2ccc(Cn3cncn3)cc2)cc1. The molecule has 3 aromatic carbocycles. The van der Waals surface area contributed by atoms with Crippen molar-refractivity contribution in [2.45, 2.75) is 6.54 Å². The second-order valence-electron chi connectivity index (χ2n) is 6.52. The number of benzene rings is 3. The van der Waals surface area contributed by atoms with E-state index in [1.54, 1.807) is 54.5 Å². The monoisotopic (exact) mass is 400 g/mol. The molecule has 0 spiro atoms. The van der Waals surface area contributed by atoms with Crippen molar-refractivity contribution in [3.63, 3.8) is 0 Å². The third kappa shape index (κ3) is 4.64. The van der Waals surface area contributed by atoms with Crippen molar-refractivity contribution in [2.75, 3.05) is 12.4 Å². The molecule has 4 rings (SSSR count). The standard InChI is InChI=1S/C23H20N4O3/c1-29-21-4-2-3-5-22(21)30-20-12-10-19(11-13-20)26-23(28)18-8-6-17(7-9-18)14-27-16-24-15-25-27/h2-13,15-16H,14H2,1H3,(H,26,28). The molecule has 150 valence electrons. The summed E-state index contributed by atoms with van der Waals surface area (Å²) in [5.74, 6) is 1.75. The summed E-state index contributed by atoms with van der Waals surface area (Å²) in [7, 11) is 1.60. The molecule has 0 saturated carbocycles. The van der Waals surface area contributed by atoms with E-state index in [1.165, 1.54) is 6.33 Å². The first-order valence-corrected chi connectivity index (χ1v) is 9.35. The van der Waals surface area contributed by atoms with Crippen LogP contribution in [-0.4, -0.2) is 27.8 Å². The number of hydrogen-bond donors (Lipinski definition) is 1. The lowest BCUT2D eigenvalue weighted by Gasteiger charge is -2.11. The normalized spacial score (nSPS) is 10.4. The summed E-state index contributed by atoms with van der Waals surface area (Å²) in [6, 6.07) is 22.0. The molecule has 0 atom stereocenters. The molecule has 0 radical (unpaired) electrons. The number of ether oxygens (including phenoxy) is 2. The Morgan fingerprint density at radius 1 is 0.967 bits per heavy atom. The van der Waals surface area contributed by atoms with Crippen molar-refractivity contribution in [3.8, 4) is 17.2 Å². The Balaban J connectivity index is 1.37. The van der Waals surface area contributed by atoms with Crippen LogP contribution in [0.1, 0.15) is 15.9 Å². The van der Waals surface area contributed by atoms with Crippen LogP contribution in [0, 0.1) is 0 Å². The van der Waals surface area contributed by atoms with Gasteiger partial charge in [-0.25, -0.2) is 9.67 Å². The Bertz CT molecular complexity index is 1110. The predicted octanol–water partition coefficient (Wildman–Crippen LogP) is 4.38. The quantitative estimate of drug-likeness (QED) is 0.498. The van der Waals surface area contributed by atoms with Gasteiger partial charge in [-0.15, -0.1) is 0 Å². The molecule has 0 aliphatic carbocycles. The van der Waals surface area contributed by atoms with Gasteiger partial charge in [0.05, 0.1) is 13.7 Å². The van der Waals surface area contributed by atoms with Crippen LogP contribution in [0.2, 0.25) is 0 Å². The van der Waals surface area contributed by atoms with Gasteiger partial charge in [-0.1, -0.05) is 24.3 Å². The molecule has 0 aliphatic rings. The molecule has 7 heteroatoms. The second kappa shape index (κ2) is 8.91. The first-order valence-electron chi connectivity index (χ1n) is 9.35. The zero-order chi connectivity index (χ0) is 20.8. The van der Waals surface area contributed by atoms with Crippen molar-refractivity contribution in [1.82, 2.24) is 14.8 Å². The van der Waals surface area contributed by atoms with Crippen molar-refractivity contribution >= 4 is 11.6 Å². The van der Waals surface area contributed by atoms with Crippen molar-refractivity contribution in [1.29, 1.82) is 0 Å². The minimum absolute atomic E-state index is 0.180. The number of aromatic nitrogens is 3. The van der Waals surface area contributed by atoms with Crippen LogP contribution < -0.4 is 14.8 Å². The molecule has 0 fully saturated rings. The van der Waals surface area contributed by atoms with Gasteiger partial charge in [0.1, 0.15) is 18.4 Å². The number of nitrogens with zero attached hydrogens (tertiary/aromatic N) is 3. The maximum atomic E-state index is 12.5. The fourth-order valence-electron chi connectivity index (χ4n) is 2.90. The van der Waals surface area contributed by atoms with Gasteiger partial charge in [0.15, 0.2) is 11.5 Å². The van der Waals surface area contributed by atoms with E-state index in [4.69, 9.17) is 9.47 Å². The summed E-state index contributed by atoms with van der Waals surface area (Å²) in [6.45, 7) is 0.607. The second-order valence-corrected chi connectivity index (χ2v) is 6.52. The molecule has 0 bridgehead atoms. The Morgan fingerprint density at radius 2 is 1.70 bits per heavy atom. The summed E-state index contributed by atoms with van der Waals surface area (Å²) in [5.41, 5.74) is 2.29. The van der Waals surface area contributed by atoms with E-state index in [9.17, 15) is 4.79 Å². The average Bonchev–Trinajstić information content (AvgIpc) is 3.29. The van der Waals surface area contributed by atoms with E-state index >= 15 is 0 Å². The van der Waals surface area contributed by atoms with Crippen LogP contribution in [-0.2, 0) is 6.54 Å². The highest BCUT2D eigenvalue weighted by Gasteiger charge is 2.08. The predicted molar refractivity (Wildman–Crippen MR) is 113 cm³/mol. The van der Waals surface area contributed by atoms with E-state index in [0.29, 0.717) is 35.0 Å². The van der Waals surface area contributed by atoms with Crippen LogP contribution in [0.15, 0.2) is 85.5 Å². The third-order valence-electron chi connectivity index (χ3n) is 4.44. The van der Waals surface area contributed by atoms with Crippen LogP contribution in [0.3, 0.4) is 0 Å². The molecule has 0 aliphatic heterocycles. The molecular formula is C23H20N4O3. The molecule has 30 heavy (non-hydrogen) atoms. The van der Waals surface area contributed by atoms with E-state index in [0.717, 1.165) is 5.56 Å². The smallest absolute Gasteiger partial charge is 0.255 e. The van der Waals surface area contributed by atoms with Gasteiger partial charge in [-0.2, -0.15) is 5.10 Å². The maximum Gasteiger partial charge on any atom is 0.255 e. The minimum atomic E-state index is -0.180. The lowest BCUT2D eigenvalue weighted by molar-refractivity contribution is 0.102. The lowest BCUT2D eigenvalue weighted by Crippen LogP contribution is -2.12. The van der Waals surface area contributed by atoms with Crippen molar-refractivity contribution in [3.05, 3.63) is 96.6 Å². The van der Waals surface area contributed by atoms with Crippen LogP contribution in [0.25, 0.3) is 0 Å². The zero-order valence-corrected chi connectivity index (χ0v) is 16.4. The number of anilines is 1. The average molecular weight is 400 g/mol. The van der Waals surface area contributed by atoms with E-state index < -0.39 is 0 Å². The van der Waals surface area contributed by atoms with Gasteiger partial charge in [0.2, 0.25) is 0 Å². The number of carbonyl (C=O) groups excluding carboxylic acids is 1. The van der Waals surface area contributed by atoms with Gasteiger partial charge in [0, 0.05) is 11.3 Å². The highest BCUT2D eigenvalue weighted by atomic mass is 16.5. The molecule has 1 heterocycles. The first kappa shape index (κ1) is 19.2. The number of amides is 1. The molecule has 1 aromatic heterocycles. The largest absolute Gasteiger partial charge is 0.493 e. The number of nitrogens with one attached hydrogen (secondary N) is 1. The molecule has 7 nitrogen and oxygen atoms in total. The number of methoxy groups -OCH3 is 1. The van der Waals surface area contributed by atoms with E-state index in [1.807, 2.05) is 36.4 Å². The summed E-state index contributed by atoms with van der Waals surface area (Å²) in [4.78, 5) is 16.4. The fourth-order valence-corrected chi connectivity index (χ4v) is 2.90. The Morgan fingerprint density at radius 3 is 2.37 bits per heavy atom. The van der Waals surface area contributed by atoms with Gasteiger partial charge in [-0.05, 0) is 54.1 Å². The summed E-state index contributed by atoms with van der Waals surface area (Å²) < 4.78 is 12.9. The first-order chi connectivity index (χ1) is 14.7. The number of carbonyl (C=O) groups is 1. The summed E-state index contributed by atoms with van der Waals surface area (Å²) >= 11 is 0. The number of rotatable bonds is 7. The Labute approximate surface area is 173 Å².